The van der Waals surface area contributed by atoms with E-state index in [1.54, 1.807) is 12.1 Å². The molecule has 8 nitrogen and oxygen atoms in total. The van der Waals surface area contributed by atoms with Crippen LogP contribution in [0.25, 0.3) is 0 Å². The van der Waals surface area contributed by atoms with Crippen molar-refractivity contribution in [1.82, 2.24) is 0 Å². The van der Waals surface area contributed by atoms with Gasteiger partial charge in [0.05, 0.1) is 21.2 Å². The predicted molar refractivity (Wildman–Crippen MR) is 99.7 cm³/mol. The maximum absolute atomic E-state index is 12.3. The summed E-state index contributed by atoms with van der Waals surface area (Å²) in [5, 5.41) is 0.0822. The molecule has 0 radical (unpaired) electrons. The molecule has 0 saturated heterocycles. The van der Waals surface area contributed by atoms with E-state index in [0.717, 1.165) is 0 Å². The summed E-state index contributed by atoms with van der Waals surface area (Å²) >= 11 is 11.8. The van der Waals surface area contributed by atoms with Gasteiger partial charge in [0, 0.05) is 0 Å². The molecular formula is C18H14Cl2N2O6. The van der Waals surface area contributed by atoms with Crippen molar-refractivity contribution in [3.63, 3.8) is 0 Å². The van der Waals surface area contributed by atoms with E-state index in [9.17, 15) is 19.2 Å². The number of hydrogen-bond donors (Lipinski definition) is 2. The highest BCUT2D eigenvalue weighted by Gasteiger charge is 2.38. The minimum Gasteiger partial charge on any atom is -0.444 e. The number of carbonyl (C=O) groups is 4. The van der Waals surface area contributed by atoms with Gasteiger partial charge in [-0.2, -0.15) is 0 Å². The van der Waals surface area contributed by atoms with Crippen LogP contribution in [-0.2, 0) is 19.1 Å². The number of benzene rings is 2. The molecule has 0 bridgehead atoms. The van der Waals surface area contributed by atoms with Crippen molar-refractivity contribution in [3.05, 3.63) is 69.7 Å². The number of carbonyl (C=O) groups excluding carboxylic acids is 4. The molecule has 0 spiro atoms. The molecule has 0 aromatic heterocycles. The van der Waals surface area contributed by atoms with Gasteiger partial charge in [-0.1, -0.05) is 47.5 Å². The molecule has 0 fully saturated rings. The molecule has 2 aromatic rings. The number of nitrogens with two attached hydrogens (primary N) is 2. The minimum absolute atomic E-state index is 0.0411. The smallest absolute Gasteiger partial charge is 0.340 e. The number of rotatable bonds is 7. The molecule has 0 aliphatic carbocycles. The molecule has 28 heavy (non-hydrogen) atoms. The van der Waals surface area contributed by atoms with Crippen LogP contribution in [0, 0.1) is 0 Å². The lowest BCUT2D eigenvalue weighted by atomic mass is 10.1. The molecule has 0 saturated carbocycles. The van der Waals surface area contributed by atoms with Gasteiger partial charge in [-0.15, -0.1) is 0 Å². The third-order valence-electron chi connectivity index (χ3n) is 3.49. The van der Waals surface area contributed by atoms with Crippen molar-refractivity contribution >= 4 is 47.0 Å². The summed E-state index contributed by atoms with van der Waals surface area (Å²) in [6.07, 6.45) is -3.96. The number of esters is 2. The van der Waals surface area contributed by atoms with Crippen LogP contribution < -0.4 is 11.5 Å². The second-order valence-electron chi connectivity index (χ2n) is 5.42. The van der Waals surface area contributed by atoms with E-state index >= 15 is 0 Å². The first-order valence-corrected chi connectivity index (χ1v) is 8.47. The van der Waals surface area contributed by atoms with Gasteiger partial charge in [-0.05, 0) is 24.3 Å². The minimum atomic E-state index is -1.98. The maximum atomic E-state index is 12.3. The van der Waals surface area contributed by atoms with Gasteiger partial charge in [0.2, 0.25) is 12.2 Å². The zero-order chi connectivity index (χ0) is 20.8. The van der Waals surface area contributed by atoms with Gasteiger partial charge in [-0.3, -0.25) is 9.59 Å². The Hall–Kier alpha value is -3.10. The second kappa shape index (κ2) is 9.20. The van der Waals surface area contributed by atoms with E-state index in [1.165, 1.54) is 36.4 Å². The first kappa shape index (κ1) is 21.2. The fraction of sp³-hybridized carbons (Fsp3) is 0.111. The standard InChI is InChI=1S/C18H14Cl2N2O6/c19-11-7-3-1-5-9(11)17(25)27-13(15(21)23)14(16(22)24)28-18(26)10-6-2-4-8-12(10)20/h1-8,13-14H,(H2,21,23)(H2,22,24)/t13-,14+. The third kappa shape index (κ3) is 4.99. The van der Waals surface area contributed by atoms with Crippen LogP contribution in [0.3, 0.4) is 0 Å². The molecule has 146 valence electrons. The Bertz CT molecular complexity index is 858. The van der Waals surface area contributed by atoms with E-state index in [1.807, 2.05) is 0 Å². The Kier molecular flexibility index (Phi) is 6.97. The van der Waals surface area contributed by atoms with Crippen molar-refractivity contribution in [3.8, 4) is 0 Å². The average Bonchev–Trinajstić information content (AvgIpc) is 2.64. The van der Waals surface area contributed by atoms with Gasteiger partial charge < -0.3 is 20.9 Å². The van der Waals surface area contributed by atoms with Gasteiger partial charge in [0.1, 0.15) is 0 Å². The molecule has 10 heteroatoms. The number of hydrogen-bond acceptors (Lipinski definition) is 6. The van der Waals surface area contributed by atoms with Crippen LogP contribution in [0.1, 0.15) is 20.7 Å². The van der Waals surface area contributed by atoms with E-state index in [2.05, 4.69) is 0 Å². The third-order valence-corrected chi connectivity index (χ3v) is 4.15. The summed E-state index contributed by atoms with van der Waals surface area (Å²) in [5.41, 5.74) is 10.2. The highest BCUT2D eigenvalue weighted by molar-refractivity contribution is 6.34. The highest BCUT2D eigenvalue weighted by atomic mass is 35.5. The van der Waals surface area contributed by atoms with Crippen molar-refractivity contribution < 1.29 is 28.7 Å². The number of primary amides is 2. The molecule has 0 heterocycles. The zero-order valence-corrected chi connectivity index (χ0v) is 15.6. The largest absolute Gasteiger partial charge is 0.444 e. The summed E-state index contributed by atoms with van der Waals surface area (Å²) in [6, 6.07) is 11.6. The average molecular weight is 425 g/mol. The first-order valence-electron chi connectivity index (χ1n) is 7.72. The van der Waals surface area contributed by atoms with Crippen LogP contribution in [0.2, 0.25) is 10.0 Å². The number of amides is 2. The van der Waals surface area contributed by atoms with E-state index in [4.69, 9.17) is 44.1 Å². The van der Waals surface area contributed by atoms with Crippen molar-refractivity contribution in [2.45, 2.75) is 12.2 Å². The van der Waals surface area contributed by atoms with Gasteiger partial charge >= 0.3 is 11.9 Å². The Balaban J connectivity index is 2.27. The summed E-state index contributed by atoms with van der Waals surface area (Å²) in [7, 11) is 0. The van der Waals surface area contributed by atoms with Crippen LogP contribution in [0.4, 0.5) is 0 Å². The lowest BCUT2D eigenvalue weighted by Gasteiger charge is -2.22. The van der Waals surface area contributed by atoms with Crippen molar-refractivity contribution in [2.75, 3.05) is 0 Å². The lowest BCUT2D eigenvalue weighted by molar-refractivity contribution is -0.143. The molecule has 0 aliphatic heterocycles. The monoisotopic (exact) mass is 424 g/mol. The Morgan fingerprint density at radius 1 is 0.679 bits per heavy atom. The van der Waals surface area contributed by atoms with Gasteiger partial charge in [-0.25, -0.2) is 9.59 Å². The van der Waals surface area contributed by atoms with E-state index in [0.29, 0.717) is 0 Å². The fourth-order valence-electron chi connectivity index (χ4n) is 2.15. The topological polar surface area (TPSA) is 139 Å². The summed E-state index contributed by atoms with van der Waals surface area (Å²) in [6.45, 7) is 0. The zero-order valence-electron chi connectivity index (χ0n) is 14.1. The molecule has 2 aromatic carbocycles. The Morgan fingerprint density at radius 3 is 1.29 bits per heavy atom. The van der Waals surface area contributed by atoms with Crippen LogP contribution >= 0.6 is 23.2 Å². The number of halogens is 2. The van der Waals surface area contributed by atoms with Crippen molar-refractivity contribution in [1.29, 1.82) is 0 Å². The molecule has 0 unspecified atom stereocenters. The molecule has 2 amide bonds. The predicted octanol–water partition coefficient (Wildman–Crippen LogP) is 1.71. The molecule has 0 aliphatic rings. The van der Waals surface area contributed by atoms with Crippen molar-refractivity contribution in [2.24, 2.45) is 11.5 Å². The molecule has 4 N–H and O–H groups in total. The fourth-order valence-corrected chi connectivity index (χ4v) is 2.58. The summed E-state index contributed by atoms with van der Waals surface area (Å²) < 4.78 is 9.92. The van der Waals surface area contributed by atoms with Gasteiger partial charge in [0.15, 0.2) is 0 Å². The van der Waals surface area contributed by atoms with Crippen LogP contribution in [0.15, 0.2) is 48.5 Å². The van der Waals surface area contributed by atoms with Crippen LogP contribution in [-0.4, -0.2) is 36.0 Å². The van der Waals surface area contributed by atoms with E-state index < -0.39 is 36.0 Å². The summed E-state index contributed by atoms with van der Waals surface area (Å²) in [5.74, 6) is -4.63. The molecular weight excluding hydrogens is 411 g/mol. The molecule has 2 atom stereocenters. The first-order chi connectivity index (χ1) is 13.2. The normalized spacial score (nSPS) is 12.5. The second-order valence-corrected chi connectivity index (χ2v) is 6.23. The summed E-state index contributed by atoms with van der Waals surface area (Å²) in [4.78, 5) is 48.1. The SMILES string of the molecule is NC(=O)[C@@H](OC(=O)c1ccccc1Cl)[C@@H](OC(=O)c1ccccc1Cl)C(N)=O. The van der Waals surface area contributed by atoms with E-state index in [-0.39, 0.29) is 21.2 Å². The lowest BCUT2D eigenvalue weighted by Crippen LogP contribution is -2.51. The Morgan fingerprint density at radius 2 is 1.00 bits per heavy atom. The van der Waals surface area contributed by atoms with Crippen LogP contribution in [0.5, 0.6) is 0 Å². The number of ether oxygens (including phenoxy) is 2. The maximum Gasteiger partial charge on any atom is 0.340 e. The Labute approximate surface area is 169 Å². The highest BCUT2D eigenvalue weighted by Crippen LogP contribution is 2.20. The van der Waals surface area contributed by atoms with Gasteiger partial charge in [0.25, 0.3) is 11.8 Å². The molecule has 2 rings (SSSR count). The quantitative estimate of drug-likeness (QED) is 0.648.